The van der Waals surface area contributed by atoms with Crippen molar-refractivity contribution in [3.63, 3.8) is 0 Å². The minimum atomic E-state index is -0.923. The Balaban J connectivity index is 2.14. The number of nitrogens with zero attached hydrogens (tertiary/aromatic N) is 2. The predicted octanol–water partition coefficient (Wildman–Crippen LogP) is 2.84. The molecule has 1 N–H and O–H groups in total. The van der Waals surface area contributed by atoms with Crippen molar-refractivity contribution in [1.29, 1.82) is 0 Å². The van der Waals surface area contributed by atoms with Gasteiger partial charge in [-0.05, 0) is 12.1 Å². The normalized spacial score (nSPS) is 11.0. The van der Waals surface area contributed by atoms with Gasteiger partial charge in [-0.15, -0.1) is 11.3 Å². The number of hydrogen-bond donors (Lipinski definition) is 1. The van der Waals surface area contributed by atoms with E-state index in [9.17, 15) is 9.18 Å². The van der Waals surface area contributed by atoms with Crippen LogP contribution in [-0.2, 0) is 11.2 Å². The van der Waals surface area contributed by atoms with E-state index < -0.39 is 11.8 Å². The van der Waals surface area contributed by atoms with Crippen LogP contribution < -0.4 is 4.74 Å². The van der Waals surface area contributed by atoms with E-state index in [1.165, 1.54) is 24.5 Å². The average molecular weight is 306 g/mol. The first-order valence-corrected chi connectivity index (χ1v) is 6.98. The number of halogens is 1. The third-order valence-corrected chi connectivity index (χ3v) is 3.96. The zero-order valence-electron chi connectivity index (χ0n) is 11.0. The van der Waals surface area contributed by atoms with Gasteiger partial charge in [-0.2, -0.15) is 0 Å². The van der Waals surface area contributed by atoms with Gasteiger partial charge in [0.1, 0.15) is 11.6 Å². The first-order chi connectivity index (χ1) is 10.1. The van der Waals surface area contributed by atoms with E-state index >= 15 is 0 Å². The SMILES string of the molecule is COc1cccc(F)c1-c1cn2c(CC(=O)O)csc2n1. The lowest BCUT2D eigenvalue weighted by molar-refractivity contribution is -0.136. The second kappa shape index (κ2) is 5.17. The summed E-state index contributed by atoms with van der Waals surface area (Å²) in [6, 6.07) is 4.55. The number of methoxy groups -OCH3 is 1. The molecular weight excluding hydrogens is 295 g/mol. The smallest absolute Gasteiger partial charge is 0.309 e. The topological polar surface area (TPSA) is 63.8 Å². The quantitative estimate of drug-likeness (QED) is 0.805. The Morgan fingerprint density at radius 2 is 2.33 bits per heavy atom. The van der Waals surface area contributed by atoms with Gasteiger partial charge >= 0.3 is 5.97 Å². The number of aliphatic carboxylic acids is 1. The number of ether oxygens (including phenoxy) is 1. The number of imidazole rings is 1. The third-order valence-electron chi connectivity index (χ3n) is 3.07. The largest absolute Gasteiger partial charge is 0.496 e. The monoisotopic (exact) mass is 306 g/mol. The van der Waals surface area contributed by atoms with Crippen LogP contribution in [0.3, 0.4) is 0 Å². The Morgan fingerprint density at radius 1 is 1.52 bits per heavy atom. The molecule has 0 radical (unpaired) electrons. The van der Waals surface area contributed by atoms with E-state index in [1.54, 1.807) is 28.1 Å². The summed E-state index contributed by atoms with van der Waals surface area (Å²) in [4.78, 5) is 15.8. The number of rotatable bonds is 4. The van der Waals surface area contributed by atoms with Gasteiger partial charge in [-0.25, -0.2) is 9.37 Å². The summed E-state index contributed by atoms with van der Waals surface area (Å²) in [6.07, 6.45) is 1.52. The number of carboxylic acid groups (broad SMARTS) is 1. The minimum Gasteiger partial charge on any atom is -0.496 e. The van der Waals surface area contributed by atoms with Crippen molar-refractivity contribution in [3.05, 3.63) is 41.3 Å². The number of benzene rings is 1. The zero-order valence-corrected chi connectivity index (χ0v) is 11.9. The van der Waals surface area contributed by atoms with Crippen LogP contribution in [0.5, 0.6) is 5.75 Å². The summed E-state index contributed by atoms with van der Waals surface area (Å²) in [5.41, 5.74) is 1.30. The maximum atomic E-state index is 14.0. The fraction of sp³-hybridized carbons (Fsp3) is 0.143. The lowest BCUT2D eigenvalue weighted by Gasteiger charge is -2.06. The van der Waals surface area contributed by atoms with Gasteiger partial charge in [0.15, 0.2) is 4.96 Å². The minimum absolute atomic E-state index is 0.107. The summed E-state index contributed by atoms with van der Waals surface area (Å²) >= 11 is 1.32. The highest BCUT2D eigenvalue weighted by atomic mass is 32.1. The van der Waals surface area contributed by atoms with Crippen molar-refractivity contribution in [2.75, 3.05) is 7.11 Å². The van der Waals surface area contributed by atoms with E-state index in [2.05, 4.69) is 4.98 Å². The van der Waals surface area contributed by atoms with E-state index in [4.69, 9.17) is 9.84 Å². The van der Waals surface area contributed by atoms with Gasteiger partial charge in [-0.3, -0.25) is 9.20 Å². The maximum absolute atomic E-state index is 14.0. The van der Waals surface area contributed by atoms with Crippen molar-refractivity contribution in [2.24, 2.45) is 0 Å². The van der Waals surface area contributed by atoms with Crippen LogP contribution in [0.1, 0.15) is 5.69 Å². The van der Waals surface area contributed by atoms with Gasteiger partial charge in [0.25, 0.3) is 0 Å². The molecule has 0 aliphatic heterocycles. The van der Waals surface area contributed by atoms with Gasteiger partial charge in [0.05, 0.1) is 24.8 Å². The molecule has 0 aliphatic rings. The number of thiazole rings is 1. The molecule has 1 aromatic carbocycles. The molecule has 3 rings (SSSR count). The zero-order chi connectivity index (χ0) is 15.0. The predicted molar refractivity (Wildman–Crippen MR) is 76.4 cm³/mol. The number of aromatic nitrogens is 2. The van der Waals surface area contributed by atoms with Crippen molar-refractivity contribution in [2.45, 2.75) is 6.42 Å². The molecule has 0 bridgehead atoms. The molecule has 0 atom stereocenters. The van der Waals surface area contributed by atoms with E-state index in [1.807, 2.05) is 0 Å². The summed E-state index contributed by atoms with van der Waals surface area (Å²) in [6.45, 7) is 0. The molecule has 0 amide bonds. The summed E-state index contributed by atoms with van der Waals surface area (Å²) < 4.78 is 20.9. The van der Waals surface area contributed by atoms with Gasteiger partial charge in [0, 0.05) is 17.3 Å². The summed E-state index contributed by atoms with van der Waals surface area (Å²) in [5, 5.41) is 10.6. The molecule has 0 aliphatic carbocycles. The molecule has 3 aromatic rings. The molecule has 0 saturated heterocycles. The lowest BCUT2D eigenvalue weighted by Crippen LogP contribution is -2.02. The summed E-state index contributed by atoms with van der Waals surface area (Å²) in [7, 11) is 1.46. The second-order valence-corrected chi connectivity index (χ2v) is 5.23. The highest BCUT2D eigenvalue weighted by molar-refractivity contribution is 7.15. The molecule has 21 heavy (non-hydrogen) atoms. The van der Waals surface area contributed by atoms with E-state index in [-0.39, 0.29) is 12.0 Å². The van der Waals surface area contributed by atoms with Crippen LogP contribution in [0.25, 0.3) is 16.2 Å². The van der Waals surface area contributed by atoms with Crippen LogP contribution in [0.15, 0.2) is 29.8 Å². The number of carbonyl (C=O) groups is 1. The molecule has 0 fully saturated rings. The van der Waals surface area contributed by atoms with Gasteiger partial charge < -0.3 is 9.84 Å². The molecule has 7 heteroatoms. The van der Waals surface area contributed by atoms with Crippen LogP contribution in [-0.4, -0.2) is 27.6 Å². The lowest BCUT2D eigenvalue weighted by atomic mass is 10.1. The average Bonchev–Trinajstić information content (AvgIpc) is 3.00. The van der Waals surface area contributed by atoms with Crippen molar-refractivity contribution < 1.29 is 19.0 Å². The van der Waals surface area contributed by atoms with Crippen molar-refractivity contribution >= 4 is 22.3 Å². The van der Waals surface area contributed by atoms with Gasteiger partial charge in [-0.1, -0.05) is 6.07 Å². The molecule has 2 aromatic heterocycles. The fourth-order valence-electron chi connectivity index (χ4n) is 2.15. The number of hydrogen-bond acceptors (Lipinski definition) is 4. The Morgan fingerprint density at radius 3 is 3.05 bits per heavy atom. The number of carboxylic acids is 1. The Bertz CT molecular complexity index is 825. The second-order valence-electron chi connectivity index (χ2n) is 4.39. The van der Waals surface area contributed by atoms with Crippen LogP contribution in [0.2, 0.25) is 0 Å². The molecule has 0 unspecified atom stereocenters. The van der Waals surface area contributed by atoms with E-state index in [0.717, 1.165) is 0 Å². The third kappa shape index (κ3) is 2.36. The fourth-order valence-corrected chi connectivity index (χ4v) is 3.03. The first-order valence-electron chi connectivity index (χ1n) is 6.10. The van der Waals surface area contributed by atoms with Crippen molar-refractivity contribution in [1.82, 2.24) is 9.38 Å². The highest BCUT2D eigenvalue weighted by Gasteiger charge is 2.17. The molecule has 0 saturated carbocycles. The molecule has 2 heterocycles. The van der Waals surface area contributed by atoms with Crippen LogP contribution in [0.4, 0.5) is 4.39 Å². The molecular formula is C14H11FN2O3S. The maximum Gasteiger partial charge on any atom is 0.309 e. The Labute approximate surface area is 123 Å². The summed E-state index contributed by atoms with van der Waals surface area (Å²) in [5.74, 6) is -0.964. The van der Waals surface area contributed by atoms with Gasteiger partial charge in [0.2, 0.25) is 0 Å². The Hall–Kier alpha value is -2.41. The molecule has 108 valence electrons. The standard InChI is InChI=1S/C14H11FN2O3S/c1-20-11-4-2-3-9(15)13(11)10-6-17-8(5-12(18)19)7-21-14(17)16-10/h2-4,6-7H,5H2,1H3,(H,18,19). The van der Waals surface area contributed by atoms with Crippen LogP contribution >= 0.6 is 11.3 Å². The Kier molecular flexibility index (Phi) is 3.34. The highest BCUT2D eigenvalue weighted by Crippen LogP contribution is 2.33. The van der Waals surface area contributed by atoms with E-state index in [0.29, 0.717) is 22.1 Å². The molecule has 0 spiro atoms. The molecule has 5 nitrogen and oxygen atoms in total. The van der Waals surface area contributed by atoms with Crippen molar-refractivity contribution in [3.8, 4) is 17.0 Å². The first kappa shape index (κ1) is 13.6. The number of fused-ring (bicyclic) bond motifs is 1. The van der Waals surface area contributed by atoms with Crippen LogP contribution in [0, 0.1) is 5.82 Å².